The second-order valence-electron chi connectivity index (χ2n) is 10.3. The number of aromatic amines is 1. The molecule has 32 heavy (non-hydrogen) atoms. The molecule has 4 aliphatic carbocycles. The van der Waals surface area contributed by atoms with Crippen molar-refractivity contribution in [3.8, 4) is 0 Å². The molecule has 0 aliphatic heterocycles. The van der Waals surface area contributed by atoms with Crippen LogP contribution in [0.15, 0.2) is 29.1 Å². The van der Waals surface area contributed by atoms with Gasteiger partial charge in [-0.15, -0.1) is 0 Å². The monoisotopic (exact) mass is 436 g/mol. The highest BCUT2D eigenvalue weighted by molar-refractivity contribution is 5.85. The zero-order valence-electron chi connectivity index (χ0n) is 18.7. The van der Waals surface area contributed by atoms with E-state index >= 15 is 0 Å². The van der Waals surface area contributed by atoms with E-state index in [-0.39, 0.29) is 35.9 Å². The van der Waals surface area contributed by atoms with E-state index in [1.165, 1.54) is 38.5 Å². The lowest BCUT2D eigenvalue weighted by Crippen LogP contribution is -2.48. The lowest BCUT2D eigenvalue weighted by Gasteiger charge is -2.56. The van der Waals surface area contributed by atoms with Crippen molar-refractivity contribution in [3.63, 3.8) is 0 Å². The zero-order valence-corrected chi connectivity index (χ0v) is 18.7. The smallest absolute Gasteiger partial charge is 0.258 e. The van der Waals surface area contributed by atoms with Gasteiger partial charge in [-0.3, -0.25) is 14.4 Å². The Balaban J connectivity index is 1.18. The minimum Gasteiger partial charge on any atom is -0.347 e. The first-order valence-electron chi connectivity index (χ1n) is 12.0. The van der Waals surface area contributed by atoms with Crippen LogP contribution in [-0.4, -0.2) is 39.8 Å². The fraction of sp³-hybridized carbons (Fsp3) is 0.600. The highest BCUT2D eigenvalue weighted by Gasteiger charge is 2.51. The molecule has 170 valence electrons. The molecule has 0 atom stereocenters. The second kappa shape index (κ2) is 8.34. The Morgan fingerprint density at radius 2 is 1.78 bits per heavy atom. The van der Waals surface area contributed by atoms with Gasteiger partial charge in [0.1, 0.15) is 5.82 Å². The van der Waals surface area contributed by atoms with Crippen molar-refractivity contribution >= 4 is 22.7 Å². The molecule has 4 bridgehead atoms. The Morgan fingerprint density at radius 3 is 2.44 bits per heavy atom. The Kier molecular flexibility index (Phi) is 5.51. The third kappa shape index (κ3) is 4.17. The number of carbonyl (C=O) groups is 2. The highest BCUT2D eigenvalue weighted by atomic mass is 16.2. The summed E-state index contributed by atoms with van der Waals surface area (Å²) in [4.78, 5) is 46.7. The minimum absolute atomic E-state index is 0.00594. The summed E-state index contributed by atoms with van der Waals surface area (Å²) in [5.74, 6) is 2.70. The molecule has 2 aromatic rings. The summed E-state index contributed by atoms with van der Waals surface area (Å²) >= 11 is 0. The zero-order chi connectivity index (χ0) is 22.3. The van der Waals surface area contributed by atoms with Gasteiger partial charge in [-0.25, -0.2) is 4.98 Å². The molecule has 7 nitrogen and oxygen atoms in total. The number of likely N-dealkylation sites (N-methyl/N-ethyl adjacent to an activating group) is 1. The summed E-state index contributed by atoms with van der Waals surface area (Å²) in [6, 6.07) is 7.15. The number of benzene rings is 1. The fourth-order valence-electron chi connectivity index (χ4n) is 6.96. The topological polar surface area (TPSA) is 95.2 Å². The van der Waals surface area contributed by atoms with Crippen LogP contribution in [0.1, 0.15) is 57.7 Å². The molecule has 2 N–H and O–H groups in total. The summed E-state index contributed by atoms with van der Waals surface area (Å²) < 4.78 is 0. The van der Waals surface area contributed by atoms with Crippen molar-refractivity contribution in [1.29, 1.82) is 0 Å². The predicted octanol–water partition coefficient (Wildman–Crippen LogP) is 2.99. The maximum Gasteiger partial charge on any atom is 0.258 e. The molecule has 4 saturated carbocycles. The number of fused-ring (bicyclic) bond motifs is 1. The maximum atomic E-state index is 12.8. The lowest BCUT2D eigenvalue weighted by atomic mass is 9.49. The molecular weight excluding hydrogens is 404 g/mol. The first-order chi connectivity index (χ1) is 15.4. The SMILES string of the molecule is CCN(Cc1nc2ccccc2c(=O)[nH]1)C(=O)CNC(=O)CC12CC3CC(CC(C3)C1)C2. The van der Waals surface area contributed by atoms with E-state index in [9.17, 15) is 14.4 Å². The third-order valence-electron chi connectivity index (χ3n) is 7.87. The predicted molar refractivity (Wildman–Crippen MR) is 122 cm³/mol. The van der Waals surface area contributed by atoms with Crippen LogP contribution < -0.4 is 10.9 Å². The quantitative estimate of drug-likeness (QED) is 0.698. The van der Waals surface area contributed by atoms with Crippen molar-refractivity contribution < 1.29 is 9.59 Å². The average molecular weight is 437 g/mol. The van der Waals surface area contributed by atoms with Gasteiger partial charge in [0, 0.05) is 13.0 Å². The number of hydrogen-bond acceptors (Lipinski definition) is 4. The van der Waals surface area contributed by atoms with E-state index in [4.69, 9.17) is 0 Å². The van der Waals surface area contributed by atoms with E-state index < -0.39 is 0 Å². The van der Waals surface area contributed by atoms with Crippen molar-refractivity contribution in [3.05, 3.63) is 40.4 Å². The number of rotatable bonds is 7. The van der Waals surface area contributed by atoms with Crippen molar-refractivity contribution in [1.82, 2.24) is 20.2 Å². The van der Waals surface area contributed by atoms with Crippen LogP contribution in [-0.2, 0) is 16.1 Å². The second-order valence-corrected chi connectivity index (χ2v) is 10.3. The van der Waals surface area contributed by atoms with Crippen LogP contribution in [0.4, 0.5) is 0 Å². The van der Waals surface area contributed by atoms with Crippen molar-refractivity contribution in [2.24, 2.45) is 23.2 Å². The molecular formula is C25H32N4O3. The highest BCUT2D eigenvalue weighted by Crippen LogP contribution is 2.61. The van der Waals surface area contributed by atoms with Crippen LogP contribution in [0.2, 0.25) is 0 Å². The molecule has 0 saturated heterocycles. The summed E-state index contributed by atoms with van der Waals surface area (Å²) in [6.07, 6.45) is 8.17. The van der Waals surface area contributed by atoms with Crippen LogP contribution in [0.5, 0.6) is 0 Å². The van der Waals surface area contributed by atoms with E-state index in [0.29, 0.717) is 29.7 Å². The Morgan fingerprint density at radius 1 is 1.12 bits per heavy atom. The molecule has 4 aliphatic rings. The van der Waals surface area contributed by atoms with Gasteiger partial charge in [-0.1, -0.05) is 12.1 Å². The molecule has 1 aromatic heterocycles. The number of para-hydroxylation sites is 1. The summed E-state index contributed by atoms with van der Waals surface area (Å²) in [5, 5.41) is 3.41. The van der Waals surface area contributed by atoms with Gasteiger partial charge in [0.15, 0.2) is 0 Å². The summed E-state index contributed by atoms with van der Waals surface area (Å²) in [5.41, 5.74) is 0.567. The number of aromatic nitrogens is 2. The number of nitrogens with zero attached hydrogens (tertiary/aromatic N) is 2. The average Bonchev–Trinajstić information content (AvgIpc) is 2.74. The van der Waals surface area contributed by atoms with Crippen molar-refractivity contribution in [2.45, 2.75) is 58.4 Å². The van der Waals surface area contributed by atoms with Crippen LogP contribution >= 0.6 is 0 Å². The maximum absolute atomic E-state index is 12.8. The van der Waals surface area contributed by atoms with Crippen LogP contribution in [0.25, 0.3) is 10.9 Å². The molecule has 0 radical (unpaired) electrons. The molecule has 1 aromatic carbocycles. The van der Waals surface area contributed by atoms with Gasteiger partial charge in [0.05, 0.1) is 24.0 Å². The molecule has 6 rings (SSSR count). The molecule has 1 heterocycles. The van der Waals surface area contributed by atoms with Gasteiger partial charge >= 0.3 is 0 Å². The normalized spacial score (nSPS) is 28.1. The summed E-state index contributed by atoms with van der Waals surface area (Å²) in [7, 11) is 0. The first kappa shape index (κ1) is 21.2. The van der Waals surface area contributed by atoms with Gasteiger partial charge in [0.25, 0.3) is 5.56 Å². The van der Waals surface area contributed by atoms with E-state index in [2.05, 4.69) is 15.3 Å². The van der Waals surface area contributed by atoms with Gasteiger partial charge < -0.3 is 15.2 Å². The first-order valence-corrected chi connectivity index (χ1v) is 12.0. The van der Waals surface area contributed by atoms with E-state index in [0.717, 1.165) is 17.8 Å². The van der Waals surface area contributed by atoms with Gasteiger partial charge in [-0.05, 0) is 80.8 Å². The third-order valence-corrected chi connectivity index (χ3v) is 7.87. The van der Waals surface area contributed by atoms with Crippen LogP contribution in [0, 0.1) is 23.2 Å². The molecule has 0 spiro atoms. The largest absolute Gasteiger partial charge is 0.347 e. The Hall–Kier alpha value is -2.70. The number of carbonyl (C=O) groups excluding carboxylic acids is 2. The number of nitrogens with one attached hydrogen (secondary N) is 2. The van der Waals surface area contributed by atoms with E-state index in [1.807, 2.05) is 13.0 Å². The molecule has 2 amide bonds. The van der Waals surface area contributed by atoms with Crippen molar-refractivity contribution in [2.75, 3.05) is 13.1 Å². The standard InChI is InChI=1S/C25H32N4O3/c1-2-29(15-21-27-20-6-4-3-5-19(20)24(32)28-21)23(31)14-26-22(30)13-25-10-16-7-17(11-25)9-18(8-16)12-25/h3-6,16-18H,2,7-15H2,1H3,(H,26,30)(H,27,28,32). The number of hydrogen-bond donors (Lipinski definition) is 2. The van der Waals surface area contributed by atoms with Gasteiger partial charge in [0.2, 0.25) is 11.8 Å². The van der Waals surface area contributed by atoms with Gasteiger partial charge in [-0.2, -0.15) is 0 Å². The fourth-order valence-corrected chi connectivity index (χ4v) is 6.96. The lowest BCUT2D eigenvalue weighted by molar-refractivity contribution is -0.135. The summed E-state index contributed by atoms with van der Waals surface area (Å²) in [6.45, 7) is 2.55. The number of H-pyrrole nitrogens is 1. The number of amides is 2. The van der Waals surface area contributed by atoms with E-state index in [1.54, 1.807) is 23.1 Å². The van der Waals surface area contributed by atoms with Crippen LogP contribution in [0.3, 0.4) is 0 Å². The molecule has 0 unspecified atom stereocenters. The Bertz CT molecular complexity index is 1060. The Labute approximate surface area is 188 Å². The minimum atomic E-state index is -0.210. The molecule has 7 heteroatoms. The molecule has 4 fully saturated rings.